The summed E-state index contributed by atoms with van der Waals surface area (Å²) in [5.41, 5.74) is 6.75. The van der Waals surface area contributed by atoms with E-state index < -0.39 is 0 Å². The molecule has 1 heterocycles. The molecule has 0 amide bonds. The van der Waals surface area contributed by atoms with Crippen molar-refractivity contribution in [2.75, 3.05) is 7.05 Å². The molecule has 4 nitrogen and oxygen atoms in total. The number of hydrogen-bond acceptors (Lipinski definition) is 4. The summed E-state index contributed by atoms with van der Waals surface area (Å²) in [5, 5.41) is 3.97. The van der Waals surface area contributed by atoms with Crippen molar-refractivity contribution < 1.29 is 4.52 Å². The van der Waals surface area contributed by atoms with Crippen LogP contribution >= 0.6 is 0 Å². The Balaban J connectivity index is 1.85. The lowest BCUT2D eigenvalue weighted by Crippen LogP contribution is -2.48. The van der Waals surface area contributed by atoms with E-state index in [4.69, 9.17) is 10.3 Å². The summed E-state index contributed by atoms with van der Waals surface area (Å²) in [6.07, 6.45) is 2.21. The third-order valence-corrected chi connectivity index (χ3v) is 2.86. The average molecular weight is 195 g/mol. The first-order valence-electron chi connectivity index (χ1n) is 5.03. The van der Waals surface area contributed by atoms with Crippen LogP contribution in [-0.4, -0.2) is 29.2 Å². The van der Waals surface area contributed by atoms with Crippen molar-refractivity contribution in [2.45, 2.75) is 38.4 Å². The fourth-order valence-electron chi connectivity index (χ4n) is 1.87. The van der Waals surface area contributed by atoms with E-state index in [9.17, 15) is 0 Å². The highest BCUT2D eigenvalue weighted by Gasteiger charge is 2.29. The van der Waals surface area contributed by atoms with Crippen LogP contribution in [0.2, 0.25) is 0 Å². The second-order valence-electron chi connectivity index (χ2n) is 4.23. The van der Waals surface area contributed by atoms with Gasteiger partial charge in [0.1, 0.15) is 5.76 Å². The Morgan fingerprint density at radius 1 is 1.64 bits per heavy atom. The van der Waals surface area contributed by atoms with Crippen molar-refractivity contribution in [2.24, 2.45) is 5.73 Å². The molecule has 0 aromatic carbocycles. The molecule has 1 aromatic heterocycles. The highest BCUT2D eigenvalue weighted by atomic mass is 16.5. The second-order valence-corrected chi connectivity index (χ2v) is 4.23. The van der Waals surface area contributed by atoms with E-state index >= 15 is 0 Å². The fraction of sp³-hybridized carbons (Fsp3) is 0.700. The van der Waals surface area contributed by atoms with Crippen LogP contribution in [-0.2, 0) is 6.54 Å². The zero-order chi connectivity index (χ0) is 10.1. The molecule has 14 heavy (non-hydrogen) atoms. The molecule has 0 saturated heterocycles. The molecule has 1 aliphatic carbocycles. The Hall–Kier alpha value is -0.870. The number of nitrogens with two attached hydrogens (primary N) is 1. The number of aryl methyl sites for hydroxylation is 1. The van der Waals surface area contributed by atoms with E-state index in [0.29, 0.717) is 12.1 Å². The molecule has 1 saturated carbocycles. The largest absolute Gasteiger partial charge is 0.361 e. The molecule has 78 valence electrons. The maximum absolute atomic E-state index is 5.74. The first-order valence-corrected chi connectivity index (χ1v) is 5.03. The molecule has 0 unspecified atom stereocenters. The minimum absolute atomic E-state index is 0.404. The van der Waals surface area contributed by atoms with E-state index in [1.165, 1.54) is 0 Å². The lowest BCUT2D eigenvalue weighted by molar-refractivity contribution is 0.130. The van der Waals surface area contributed by atoms with E-state index in [1.54, 1.807) is 0 Å². The van der Waals surface area contributed by atoms with Crippen molar-refractivity contribution >= 4 is 0 Å². The smallest absolute Gasteiger partial charge is 0.133 e. The zero-order valence-electron chi connectivity index (χ0n) is 8.73. The summed E-state index contributed by atoms with van der Waals surface area (Å²) >= 11 is 0. The van der Waals surface area contributed by atoms with Crippen LogP contribution in [0.25, 0.3) is 0 Å². The summed E-state index contributed by atoms with van der Waals surface area (Å²) in [5.74, 6) is 0.874. The van der Waals surface area contributed by atoms with Crippen molar-refractivity contribution in [3.63, 3.8) is 0 Å². The Bertz CT molecular complexity index is 304. The van der Waals surface area contributed by atoms with Gasteiger partial charge >= 0.3 is 0 Å². The lowest BCUT2D eigenvalue weighted by Gasteiger charge is -2.38. The number of hydrogen-bond donors (Lipinski definition) is 1. The van der Waals surface area contributed by atoms with Gasteiger partial charge in [0.2, 0.25) is 0 Å². The predicted octanol–water partition coefficient (Wildman–Crippen LogP) is 0.905. The van der Waals surface area contributed by atoms with Gasteiger partial charge in [0, 0.05) is 24.7 Å². The Labute approximate surface area is 84.0 Å². The van der Waals surface area contributed by atoms with Gasteiger partial charge in [-0.15, -0.1) is 0 Å². The van der Waals surface area contributed by atoms with Gasteiger partial charge in [-0.2, -0.15) is 0 Å². The first-order chi connectivity index (χ1) is 6.65. The van der Waals surface area contributed by atoms with Gasteiger partial charge in [0.15, 0.2) is 0 Å². The zero-order valence-corrected chi connectivity index (χ0v) is 8.73. The van der Waals surface area contributed by atoms with Gasteiger partial charge in [0.05, 0.1) is 5.69 Å². The van der Waals surface area contributed by atoms with Crippen molar-refractivity contribution in [1.29, 1.82) is 0 Å². The van der Waals surface area contributed by atoms with Crippen LogP contribution in [0.4, 0.5) is 0 Å². The third-order valence-electron chi connectivity index (χ3n) is 2.86. The van der Waals surface area contributed by atoms with Crippen LogP contribution in [0.5, 0.6) is 0 Å². The summed E-state index contributed by atoms with van der Waals surface area (Å²) in [7, 11) is 2.11. The van der Waals surface area contributed by atoms with Gasteiger partial charge in [-0.1, -0.05) is 5.16 Å². The maximum Gasteiger partial charge on any atom is 0.133 e. The van der Waals surface area contributed by atoms with Crippen LogP contribution in [0.3, 0.4) is 0 Å². The molecule has 4 heteroatoms. The molecule has 0 atom stereocenters. The monoisotopic (exact) mass is 195 g/mol. The second kappa shape index (κ2) is 3.71. The number of aromatic nitrogens is 1. The minimum Gasteiger partial charge on any atom is -0.361 e. The van der Waals surface area contributed by atoms with E-state index in [1.807, 2.05) is 13.0 Å². The summed E-state index contributed by atoms with van der Waals surface area (Å²) in [6, 6.07) is 3.01. The molecular formula is C10H17N3O. The molecule has 0 spiro atoms. The number of rotatable bonds is 3. The number of nitrogens with zero attached hydrogens (tertiary/aromatic N) is 2. The Morgan fingerprint density at radius 3 is 2.86 bits per heavy atom. The van der Waals surface area contributed by atoms with Crippen LogP contribution in [0, 0.1) is 6.92 Å². The van der Waals surface area contributed by atoms with Crippen molar-refractivity contribution in [3.05, 3.63) is 17.5 Å². The SMILES string of the molecule is Cc1cc(CN(C)C2CC(N)C2)no1. The molecule has 0 radical (unpaired) electrons. The molecule has 1 aromatic rings. The minimum atomic E-state index is 0.404. The van der Waals surface area contributed by atoms with Gasteiger partial charge in [-0.3, -0.25) is 4.90 Å². The van der Waals surface area contributed by atoms with Gasteiger partial charge in [0.25, 0.3) is 0 Å². The quantitative estimate of drug-likeness (QED) is 0.778. The van der Waals surface area contributed by atoms with Crippen LogP contribution < -0.4 is 5.73 Å². The maximum atomic E-state index is 5.74. The summed E-state index contributed by atoms with van der Waals surface area (Å²) in [4.78, 5) is 2.29. The molecular weight excluding hydrogens is 178 g/mol. The topological polar surface area (TPSA) is 55.3 Å². The van der Waals surface area contributed by atoms with E-state index in [2.05, 4.69) is 17.1 Å². The molecule has 2 N–H and O–H groups in total. The lowest BCUT2D eigenvalue weighted by atomic mass is 9.86. The van der Waals surface area contributed by atoms with Crippen molar-refractivity contribution in [3.8, 4) is 0 Å². The van der Waals surface area contributed by atoms with Crippen molar-refractivity contribution in [1.82, 2.24) is 10.1 Å². The Kier molecular flexibility index (Phi) is 2.56. The van der Waals surface area contributed by atoms with Crippen LogP contribution in [0.1, 0.15) is 24.3 Å². The normalized spacial score (nSPS) is 26.6. The summed E-state index contributed by atoms with van der Waals surface area (Å²) in [6.45, 7) is 2.77. The van der Waals surface area contributed by atoms with Crippen LogP contribution in [0.15, 0.2) is 10.6 Å². The van der Waals surface area contributed by atoms with E-state index in [0.717, 1.165) is 30.8 Å². The fourth-order valence-corrected chi connectivity index (χ4v) is 1.87. The van der Waals surface area contributed by atoms with Gasteiger partial charge in [-0.25, -0.2) is 0 Å². The predicted molar refractivity (Wildman–Crippen MR) is 53.7 cm³/mol. The molecule has 0 aliphatic heterocycles. The first kappa shape index (κ1) is 9.68. The Morgan fingerprint density at radius 2 is 2.36 bits per heavy atom. The molecule has 2 rings (SSSR count). The highest BCUT2D eigenvalue weighted by molar-refractivity contribution is 5.04. The highest BCUT2D eigenvalue weighted by Crippen LogP contribution is 2.23. The standard InChI is InChI=1S/C10H17N3O/c1-7-3-9(12-14-7)6-13(2)10-4-8(11)5-10/h3,8,10H,4-6,11H2,1-2H3. The van der Waals surface area contributed by atoms with Gasteiger partial charge in [-0.05, 0) is 26.8 Å². The summed E-state index contributed by atoms with van der Waals surface area (Å²) < 4.78 is 5.02. The molecule has 0 bridgehead atoms. The molecule has 1 aliphatic rings. The average Bonchev–Trinajstić information content (AvgIpc) is 2.45. The van der Waals surface area contributed by atoms with Gasteiger partial charge < -0.3 is 10.3 Å². The third kappa shape index (κ3) is 1.96. The van der Waals surface area contributed by atoms with E-state index in [-0.39, 0.29) is 0 Å². The molecule has 1 fully saturated rings.